The number of hydrogen-bond acceptors (Lipinski definition) is 3. The molecule has 0 unspecified atom stereocenters. The van der Waals surface area contributed by atoms with Crippen LogP contribution in [0.25, 0.3) is 0 Å². The molecule has 0 aliphatic carbocycles. The number of methoxy groups -OCH3 is 1. The molecular weight excluding hydrogens is 307 g/mol. The minimum Gasteiger partial charge on any atom is -0.497 e. The highest BCUT2D eigenvalue weighted by molar-refractivity contribution is 14.1. The minimum absolute atomic E-state index is 0.0400. The molecule has 0 bridgehead atoms. The maximum atomic E-state index is 11.7. The highest BCUT2D eigenvalue weighted by Gasteiger charge is 2.10. The number of anilines is 1. The Morgan fingerprint density at radius 2 is 2.07 bits per heavy atom. The van der Waals surface area contributed by atoms with Crippen molar-refractivity contribution in [2.75, 3.05) is 24.7 Å². The van der Waals surface area contributed by atoms with Gasteiger partial charge in [0.15, 0.2) is 0 Å². The number of halogens is 1. The molecule has 5 heteroatoms. The van der Waals surface area contributed by atoms with Gasteiger partial charge in [-0.15, -0.1) is 0 Å². The summed E-state index contributed by atoms with van der Waals surface area (Å²) in [7, 11) is 5.02. The van der Waals surface area contributed by atoms with Crippen LogP contribution in [0.5, 0.6) is 5.75 Å². The SMILES string of the molecule is COc1cc(NI)cc(C(=O)N(C)C)c1. The van der Waals surface area contributed by atoms with Crippen LogP contribution in [-0.2, 0) is 0 Å². The molecular formula is C10H13IN2O2. The number of nitrogens with zero attached hydrogens (tertiary/aromatic N) is 1. The zero-order valence-corrected chi connectivity index (χ0v) is 11.0. The molecule has 1 N–H and O–H groups in total. The summed E-state index contributed by atoms with van der Waals surface area (Å²) in [6.07, 6.45) is 0. The van der Waals surface area contributed by atoms with Gasteiger partial charge in [0.2, 0.25) is 0 Å². The molecule has 0 aromatic heterocycles. The number of hydrogen-bond donors (Lipinski definition) is 1. The van der Waals surface area contributed by atoms with Crippen LogP contribution in [0.3, 0.4) is 0 Å². The summed E-state index contributed by atoms with van der Waals surface area (Å²) in [5, 5.41) is 0. The molecule has 1 rings (SSSR count). The fraction of sp³-hybridized carbons (Fsp3) is 0.300. The first-order valence-electron chi connectivity index (χ1n) is 4.36. The molecule has 0 saturated heterocycles. The van der Waals surface area contributed by atoms with E-state index in [0.717, 1.165) is 5.69 Å². The van der Waals surface area contributed by atoms with E-state index >= 15 is 0 Å². The third-order valence-electron chi connectivity index (χ3n) is 1.90. The lowest BCUT2D eigenvalue weighted by Crippen LogP contribution is -2.21. The van der Waals surface area contributed by atoms with Crippen LogP contribution in [0, 0.1) is 0 Å². The zero-order chi connectivity index (χ0) is 11.4. The van der Waals surface area contributed by atoms with Crippen molar-refractivity contribution in [3.63, 3.8) is 0 Å². The smallest absolute Gasteiger partial charge is 0.253 e. The average molecular weight is 320 g/mol. The topological polar surface area (TPSA) is 41.6 Å². The van der Waals surface area contributed by atoms with Crippen LogP contribution < -0.4 is 8.27 Å². The summed E-state index contributed by atoms with van der Waals surface area (Å²) < 4.78 is 8.07. The monoisotopic (exact) mass is 320 g/mol. The van der Waals surface area contributed by atoms with Gasteiger partial charge in [-0.1, -0.05) is 0 Å². The summed E-state index contributed by atoms with van der Waals surface area (Å²) in [6, 6.07) is 5.34. The first-order valence-corrected chi connectivity index (χ1v) is 5.43. The van der Waals surface area contributed by atoms with Gasteiger partial charge in [-0.25, -0.2) is 0 Å². The van der Waals surface area contributed by atoms with E-state index in [2.05, 4.69) is 3.53 Å². The van der Waals surface area contributed by atoms with Gasteiger partial charge in [0, 0.05) is 31.4 Å². The van der Waals surface area contributed by atoms with Crippen molar-refractivity contribution in [1.29, 1.82) is 0 Å². The van der Waals surface area contributed by atoms with Crippen LogP contribution in [0.15, 0.2) is 18.2 Å². The molecule has 0 aliphatic heterocycles. The van der Waals surface area contributed by atoms with Gasteiger partial charge < -0.3 is 13.2 Å². The van der Waals surface area contributed by atoms with Gasteiger partial charge in [0.25, 0.3) is 5.91 Å². The van der Waals surface area contributed by atoms with E-state index in [1.165, 1.54) is 4.90 Å². The molecule has 0 saturated carbocycles. The fourth-order valence-corrected chi connectivity index (χ4v) is 1.46. The van der Waals surface area contributed by atoms with Gasteiger partial charge in [-0.05, 0) is 12.1 Å². The van der Waals surface area contributed by atoms with Gasteiger partial charge in [-0.2, -0.15) is 0 Å². The second kappa shape index (κ2) is 5.20. The van der Waals surface area contributed by atoms with Gasteiger partial charge in [0.05, 0.1) is 30.0 Å². The molecule has 0 fully saturated rings. The van der Waals surface area contributed by atoms with E-state index in [-0.39, 0.29) is 5.91 Å². The van der Waals surface area contributed by atoms with Crippen molar-refractivity contribution >= 4 is 34.5 Å². The Kier molecular flexibility index (Phi) is 4.19. The number of carbonyl (C=O) groups excluding carboxylic acids is 1. The number of rotatable bonds is 3. The molecule has 1 aromatic rings. The van der Waals surface area contributed by atoms with Crippen molar-refractivity contribution in [2.24, 2.45) is 0 Å². The predicted octanol–water partition coefficient (Wildman–Crippen LogP) is 2.16. The Bertz CT molecular complexity index is 344. The van der Waals surface area contributed by atoms with Gasteiger partial charge in [0.1, 0.15) is 5.75 Å². The third-order valence-corrected chi connectivity index (χ3v) is 2.53. The lowest BCUT2D eigenvalue weighted by atomic mass is 10.1. The van der Waals surface area contributed by atoms with Crippen molar-refractivity contribution in [3.05, 3.63) is 23.8 Å². The van der Waals surface area contributed by atoms with Gasteiger partial charge in [-0.3, -0.25) is 4.79 Å². The Labute approximate surface area is 103 Å². The predicted molar refractivity (Wildman–Crippen MR) is 68.7 cm³/mol. The Balaban J connectivity index is 3.12. The molecule has 1 amide bonds. The highest BCUT2D eigenvalue weighted by Crippen LogP contribution is 2.22. The molecule has 0 radical (unpaired) electrons. The Morgan fingerprint density at radius 3 is 2.53 bits per heavy atom. The third kappa shape index (κ3) is 2.98. The largest absolute Gasteiger partial charge is 0.497 e. The summed E-state index contributed by atoms with van der Waals surface area (Å²) in [5.41, 5.74) is 1.46. The van der Waals surface area contributed by atoms with Crippen molar-refractivity contribution < 1.29 is 9.53 Å². The van der Waals surface area contributed by atoms with Crippen molar-refractivity contribution in [3.8, 4) is 5.75 Å². The Hall–Kier alpha value is -0.980. The van der Waals surface area contributed by atoms with E-state index in [9.17, 15) is 4.79 Å². The van der Waals surface area contributed by atoms with Crippen LogP contribution in [0.1, 0.15) is 10.4 Å². The van der Waals surface area contributed by atoms with Crippen LogP contribution in [0.4, 0.5) is 5.69 Å². The van der Waals surface area contributed by atoms with E-state index in [0.29, 0.717) is 11.3 Å². The van der Waals surface area contributed by atoms with Crippen LogP contribution in [-0.4, -0.2) is 32.0 Å². The number of carbonyl (C=O) groups is 1. The molecule has 0 heterocycles. The lowest BCUT2D eigenvalue weighted by Gasteiger charge is -2.12. The minimum atomic E-state index is -0.0400. The summed E-state index contributed by atoms with van der Waals surface area (Å²) in [4.78, 5) is 13.3. The van der Waals surface area contributed by atoms with Crippen molar-refractivity contribution in [1.82, 2.24) is 4.90 Å². The Morgan fingerprint density at radius 1 is 1.40 bits per heavy atom. The van der Waals surface area contributed by atoms with Crippen molar-refractivity contribution in [2.45, 2.75) is 0 Å². The molecule has 15 heavy (non-hydrogen) atoms. The first kappa shape index (κ1) is 12.1. The lowest BCUT2D eigenvalue weighted by molar-refractivity contribution is 0.0827. The fourth-order valence-electron chi connectivity index (χ4n) is 1.15. The standard InChI is InChI=1S/C10H13IN2O2/c1-13(2)10(14)7-4-8(12-11)6-9(5-7)15-3/h4-6,12H,1-3H3. The molecule has 0 aliphatic rings. The average Bonchev–Trinajstić information content (AvgIpc) is 2.27. The van der Waals surface area contributed by atoms with E-state index in [1.54, 1.807) is 33.3 Å². The summed E-state index contributed by atoms with van der Waals surface area (Å²) in [5.74, 6) is 0.628. The van der Waals surface area contributed by atoms with E-state index in [1.807, 2.05) is 28.9 Å². The van der Waals surface area contributed by atoms with Gasteiger partial charge >= 0.3 is 0 Å². The molecule has 82 valence electrons. The number of nitrogens with one attached hydrogen (secondary N) is 1. The maximum absolute atomic E-state index is 11.7. The maximum Gasteiger partial charge on any atom is 0.253 e. The second-order valence-electron chi connectivity index (χ2n) is 3.24. The summed E-state index contributed by atoms with van der Waals surface area (Å²) in [6.45, 7) is 0. The second-order valence-corrected chi connectivity index (χ2v) is 3.78. The van der Waals surface area contributed by atoms with Crippen LogP contribution in [0.2, 0.25) is 0 Å². The number of amides is 1. The molecule has 1 aromatic carbocycles. The number of ether oxygens (including phenoxy) is 1. The van der Waals surface area contributed by atoms with E-state index in [4.69, 9.17) is 4.74 Å². The molecule has 0 spiro atoms. The van der Waals surface area contributed by atoms with Crippen LogP contribution >= 0.6 is 22.9 Å². The zero-order valence-electron chi connectivity index (χ0n) is 8.87. The molecule has 0 atom stereocenters. The normalized spacial score (nSPS) is 9.60. The summed E-state index contributed by atoms with van der Waals surface area (Å²) >= 11 is 2.01. The molecule has 4 nitrogen and oxygen atoms in total. The van der Waals surface area contributed by atoms with E-state index < -0.39 is 0 Å². The quantitative estimate of drug-likeness (QED) is 0.685. The number of benzene rings is 1. The highest BCUT2D eigenvalue weighted by atomic mass is 127. The first-order chi connectivity index (χ1) is 7.08.